The Morgan fingerprint density at radius 1 is 1.50 bits per heavy atom. The minimum atomic E-state index is -1.34. The van der Waals surface area contributed by atoms with E-state index in [1.807, 2.05) is 0 Å². The Bertz CT molecular complexity index is 200. The molecule has 1 atom stereocenters. The number of nitrogens with two attached hydrogens (primary N) is 1. The number of esters is 1. The van der Waals surface area contributed by atoms with Crippen molar-refractivity contribution in [1.29, 1.82) is 0 Å². The summed E-state index contributed by atoms with van der Waals surface area (Å²) in [6, 6.07) is 0. The fourth-order valence-corrected chi connectivity index (χ4v) is 1.62. The number of halogens is 1. The third-order valence-corrected chi connectivity index (χ3v) is 3.10. The third-order valence-electron chi connectivity index (χ3n) is 2.68. The van der Waals surface area contributed by atoms with Gasteiger partial charge in [0.2, 0.25) is 0 Å². The maximum Gasteiger partial charge on any atom is 0.342 e. The van der Waals surface area contributed by atoms with Gasteiger partial charge in [0.25, 0.3) is 0 Å². The molecule has 1 saturated carbocycles. The average molecular weight is 220 g/mol. The minimum Gasteiger partial charge on any atom is -0.460 e. The van der Waals surface area contributed by atoms with Crippen LogP contribution in [0.5, 0.6) is 0 Å². The van der Waals surface area contributed by atoms with Gasteiger partial charge in [0.1, 0.15) is 6.10 Å². The molecule has 1 aliphatic rings. The first-order valence-electron chi connectivity index (χ1n) is 5.25. The molecule has 0 saturated heterocycles. The van der Waals surface area contributed by atoms with Crippen LogP contribution in [0.3, 0.4) is 0 Å². The lowest BCUT2D eigenvalue weighted by atomic mass is 9.98. The predicted molar refractivity (Wildman–Crippen MR) is 56.0 cm³/mol. The Morgan fingerprint density at radius 3 is 2.57 bits per heavy atom. The highest BCUT2D eigenvalue weighted by Gasteiger charge is 2.33. The van der Waals surface area contributed by atoms with Crippen LogP contribution in [0.1, 0.15) is 45.4 Å². The minimum absolute atomic E-state index is 0.0319. The van der Waals surface area contributed by atoms with E-state index in [0.717, 1.165) is 25.7 Å². The fraction of sp³-hybridized carbons (Fsp3) is 0.900. The van der Waals surface area contributed by atoms with Crippen LogP contribution in [0.15, 0.2) is 0 Å². The van der Waals surface area contributed by atoms with Crippen LogP contribution >= 0.6 is 11.6 Å². The molecule has 14 heavy (non-hydrogen) atoms. The van der Waals surface area contributed by atoms with E-state index in [0.29, 0.717) is 6.42 Å². The van der Waals surface area contributed by atoms with Gasteiger partial charge in [0, 0.05) is 0 Å². The Labute approximate surface area is 89.9 Å². The lowest BCUT2D eigenvalue weighted by molar-refractivity contribution is -0.153. The monoisotopic (exact) mass is 219 g/mol. The number of carbonyl (C=O) groups excluding carboxylic acids is 1. The van der Waals surface area contributed by atoms with Crippen molar-refractivity contribution in [3.05, 3.63) is 0 Å². The Morgan fingerprint density at radius 2 is 2.07 bits per heavy atom. The molecule has 1 fully saturated rings. The van der Waals surface area contributed by atoms with Gasteiger partial charge in [-0.3, -0.25) is 0 Å². The molecule has 0 spiro atoms. The van der Waals surface area contributed by atoms with Crippen molar-refractivity contribution in [2.45, 2.75) is 56.6 Å². The van der Waals surface area contributed by atoms with Crippen LogP contribution < -0.4 is 5.73 Å². The van der Waals surface area contributed by atoms with Gasteiger partial charge in [-0.2, -0.15) is 0 Å². The molecule has 1 unspecified atom stereocenters. The van der Waals surface area contributed by atoms with E-state index in [1.165, 1.54) is 6.42 Å². The molecule has 0 aromatic carbocycles. The van der Waals surface area contributed by atoms with Crippen LogP contribution in [0, 0.1) is 0 Å². The molecule has 0 aliphatic heterocycles. The van der Waals surface area contributed by atoms with Crippen molar-refractivity contribution in [2.75, 3.05) is 0 Å². The van der Waals surface area contributed by atoms with Crippen molar-refractivity contribution < 1.29 is 9.53 Å². The number of rotatable bonds is 3. The summed E-state index contributed by atoms with van der Waals surface area (Å²) in [5.74, 6) is -0.478. The largest absolute Gasteiger partial charge is 0.460 e. The van der Waals surface area contributed by atoms with Gasteiger partial charge in [-0.15, -0.1) is 0 Å². The second-order valence-electron chi connectivity index (χ2n) is 3.88. The molecule has 82 valence electrons. The maximum atomic E-state index is 11.5. The van der Waals surface area contributed by atoms with Gasteiger partial charge >= 0.3 is 5.97 Å². The average Bonchev–Trinajstić information content (AvgIpc) is 2.19. The second-order valence-corrected chi connectivity index (χ2v) is 4.56. The molecule has 0 aromatic rings. The van der Waals surface area contributed by atoms with Crippen LogP contribution in [0.4, 0.5) is 0 Å². The fourth-order valence-electron chi connectivity index (χ4n) is 1.58. The first kappa shape index (κ1) is 11.8. The highest BCUT2D eigenvalue weighted by atomic mass is 35.5. The van der Waals surface area contributed by atoms with E-state index in [4.69, 9.17) is 22.1 Å². The van der Waals surface area contributed by atoms with Crippen molar-refractivity contribution in [3.8, 4) is 0 Å². The van der Waals surface area contributed by atoms with E-state index >= 15 is 0 Å². The molecule has 0 heterocycles. The maximum absolute atomic E-state index is 11.5. The quantitative estimate of drug-likeness (QED) is 0.450. The molecule has 4 heteroatoms. The summed E-state index contributed by atoms with van der Waals surface area (Å²) in [6.07, 6.45) is 5.81. The number of hydrogen-bond donors (Lipinski definition) is 1. The summed E-state index contributed by atoms with van der Waals surface area (Å²) in [5.41, 5.74) is 5.57. The molecule has 1 aliphatic carbocycles. The van der Waals surface area contributed by atoms with Gasteiger partial charge in [-0.1, -0.05) is 24.9 Å². The molecular formula is C10H18ClNO2. The van der Waals surface area contributed by atoms with E-state index in [-0.39, 0.29) is 6.10 Å². The first-order chi connectivity index (χ1) is 6.56. The first-order valence-corrected chi connectivity index (χ1v) is 5.63. The van der Waals surface area contributed by atoms with Gasteiger partial charge in [-0.25, -0.2) is 4.79 Å². The molecule has 0 radical (unpaired) electrons. The number of carbonyl (C=O) groups is 1. The molecule has 0 bridgehead atoms. The number of hydrogen-bond acceptors (Lipinski definition) is 3. The Balaban J connectivity index is 2.39. The summed E-state index contributed by atoms with van der Waals surface area (Å²) < 4.78 is 5.25. The number of alkyl halides is 1. The number of ether oxygens (including phenoxy) is 1. The highest BCUT2D eigenvalue weighted by Crippen LogP contribution is 2.23. The molecular weight excluding hydrogens is 202 g/mol. The summed E-state index contributed by atoms with van der Waals surface area (Å²) in [5, 5.41) is 0. The molecule has 2 N–H and O–H groups in total. The summed E-state index contributed by atoms with van der Waals surface area (Å²) in [4.78, 5) is 10.1. The molecule has 0 amide bonds. The zero-order valence-corrected chi connectivity index (χ0v) is 9.35. The zero-order valence-electron chi connectivity index (χ0n) is 8.59. The van der Waals surface area contributed by atoms with Crippen LogP contribution in [-0.4, -0.2) is 17.1 Å². The molecule has 1 rings (SSSR count). The Kier molecular flexibility index (Phi) is 4.20. The Hall–Kier alpha value is -0.280. The van der Waals surface area contributed by atoms with Crippen molar-refractivity contribution >= 4 is 17.6 Å². The van der Waals surface area contributed by atoms with Crippen molar-refractivity contribution in [2.24, 2.45) is 5.73 Å². The van der Waals surface area contributed by atoms with Gasteiger partial charge in [0.15, 0.2) is 5.00 Å². The van der Waals surface area contributed by atoms with E-state index in [9.17, 15) is 4.79 Å². The van der Waals surface area contributed by atoms with E-state index in [2.05, 4.69) is 0 Å². The molecule has 3 nitrogen and oxygen atoms in total. The van der Waals surface area contributed by atoms with Crippen LogP contribution in [0.25, 0.3) is 0 Å². The SMILES string of the molecule is CCC(N)(Cl)C(=O)OC1CCCCC1. The normalized spacial score (nSPS) is 22.8. The van der Waals surface area contributed by atoms with E-state index in [1.54, 1.807) is 6.92 Å². The van der Waals surface area contributed by atoms with Gasteiger partial charge in [-0.05, 0) is 32.1 Å². The van der Waals surface area contributed by atoms with Gasteiger partial charge < -0.3 is 10.5 Å². The van der Waals surface area contributed by atoms with E-state index < -0.39 is 11.0 Å². The van der Waals surface area contributed by atoms with Crippen molar-refractivity contribution in [1.82, 2.24) is 0 Å². The lowest BCUT2D eigenvalue weighted by Crippen LogP contribution is -2.44. The van der Waals surface area contributed by atoms with Gasteiger partial charge in [0.05, 0.1) is 0 Å². The third kappa shape index (κ3) is 3.14. The smallest absolute Gasteiger partial charge is 0.342 e. The van der Waals surface area contributed by atoms with Crippen LogP contribution in [-0.2, 0) is 9.53 Å². The predicted octanol–water partition coefficient (Wildman–Crippen LogP) is 2.17. The molecule has 0 aromatic heterocycles. The topological polar surface area (TPSA) is 52.3 Å². The van der Waals surface area contributed by atoms with Crippen LogP contribution in [0.2, 0.25) is 0 Å². The standard InChI is InChI=1S/C10H18ClNO2/c1-2-10(11,12)9(13)14-8-6-4-3-5-7-8/h8H,2-7,12H2,1H3. The zero-order chi connectivity index (χ0) is 10.6. The summed E-state index contributed by atoms with van der Waals surface area (Å²) >= 11 is 5.79. The highest BCUT2D eigenvalue weighted by molar-refractivity contribution is 6.33. The summed E-state index contributed by atoms with van der Waals surface area (Å²) in [6.45, 7) is 1.77. The summed E-state index contributed by atoms with van der Waals surface area (Å²) in [7, 11) is 0. The lowest BCUT2D eigenvalue weighted by Gasteiger charge is -2.26. The van der Waals surface area contributed by atoms with Crippen molar-refractivity contribution in [3.63, 3.8) is 0 Å². The second kappa shape index (κ2) is 4.99.